The molecule has 0 aliphatic heterocycles. The van der Waals surface area contributed by atoms with Gasteiger partial charge in [-0.3, -0.25) is 4.72 Å². The zero-order chi connectivity index (χ0) is 18.8. The van der Waals surface area contributed by atoms with Crippen LogP contribution in [-0.4, -0.2) is 16.8 Å². The SMILES string of the molecule is Nc1ccc(NS(=O)(=O)c2ccccc2)cc1S(=O)(=O)c1ccccc1. The molecule has 3 N–H and O–H groups in total. The van der Waals surface area contributed by atoms with Crippen LogP contribution in [-0.2, 0) is 19.9 Å². The van der Waals surface area contributed by atoms with Gasteiger partial charge in [0.25, 0.3) is 10.0 Å². The molecule has 134 valence electrons. The van der Waals surface area contributed by atoms with Gasteiger partial charge >= 0.3 is 0 Å². The summed E-state index contributed by atoms with van der Waals surface area (Å²) >= 11 is 0. The minimum atomic E-state index is -3.87. The molecule has 3 aromatic rings. The Hall–Kier alpha value is -2.84. The molecule has 6 nitrogen and oxygen atoms in total. The van der Waals surface area contributed by atoms with E-state index >= 15 is 0 Å². The molecule has 0 spiro atoms. The van der Waals surface area contributed by atoms with Crippen molar-refractivity contribution in [1.82, 2.24) is 0 Å². The van der Waals surface area contributed by atoms with Gasteiger partial charge in [0.05, 0.1) is 26.1 Å². The van der Waals surface area contributed by atoms with Crippen LogP contribution < -0.4 is 10.5 Å². The third-order valence-electron chi connectivity index (χ3n) is 3.66. The minimum Gasteiger partial charge on any atom is -0.398 e. The summed E-state index contributed by atoms with van der Waals surface area (Å²) in [6, 6.07) is 19.6. The Balaban J connectivity index is 2.02. The lowest BCUT2D eigenvalue weighted by Gasteiger charge is -2.12. The number of nitrogens with two attached hydrogens (primary N) is 1. The Bertz CT molecular complexity index is 1130. The molecule has 0 atom stereocenters. The van der Waals surface area contributed by atoms with E-state index in [4.69, 9.17) is 5.73 Å². The van der Waals surface area contributed by atoms with Crippen LogP contribution in [0.1, 0.15) is 0 Å². The van der Waals surface area contributed by atoms with Gasteiger partial charge in [-0.05, 0) is 42.5 Å². The minimum absolute atomic E-state index is 0.0384. The molecule has 3 rings (SSSR count). The second-order valence-corrected chi connectivity index (χ2v) is 9.09. The highest BCUT2D eigenvalue weighted by Crippen LogP contribution is 2.29. The number of nitrogen functional groups attached to an aromatic ring is 1. The van der Waals surface area contributed by atoms with Crippen molar-refractivity contribution in [2.24, 2.45) is 0 Å². The van der Waals surface area contributed by atoms with Crippen molar-refractivity contribution in [1.29, 1.82) is 0 Å². The fraction of sp³-hybridized carbons (Fsp3) is 0. The van der Waals surface area contributed by atoms with E-state index < -0.39 is 19.9 Å². The molecule has 8 heteroatoms. The normalized spacial score (nSPS) is 11.8. The maximum Gasteiger partial charge on any atom is 0.261 e. The molecule has 0 fully saturated rings. The summed E-state index contributed by atoms with van der Waals surface area (Å²) in [4.78, 5) is -0.00369. The van der Waals surface area contributed by atoms with Gasteiger partial charge in [-0.25, -0.2) is 16.8 Å². The van der Waals surface area contributed by atoms with Gasteiger partial charge in [-0.1, -0.05) is 36.4 Å². The first-order valence-corrected chi connectivity index (χ1v) is 10.5. The molecule has 0 bridgehead atoms. The van der Waals surface area contributed by atoms with Crippen LogP contribution in [0.5, 0.6) is 0 Å². The van der Waals surface area contributed by atoms with E-state index in [0.29, 0.717) is 0 Å². The summed E-state index contributed by atoms with van der Waals surface area (Å²) in [5.41, 5.74) is 5.98. The molecule has 26 heavy (non-hydrogen) atoms. The molecule has 0 heterocycles. The fourth-order valence-electron chi connectivity index (χ4n) is 2.37. The van der Waals surface area contributed by atoms with Gasteiger partial charge < -0.3 is 5.73 Å². The number of sulfone groups is 1. The molecule has 0 saturated heterocycles. The van der Waals surface area contributed by atoms with E-state index in [-0.39, 0.29) is 26.1 Å². The molecular formula is C18H16N2O4S2. The van der Waals surface area contributed by atoms with Crippen LogP contribution in [0.4, 0.5) is 11.4 Å². The Labute approximate surface area is 152 Å². The quantitative estimate of drug-likeness (QED) is 0.654. The van der Waals surface area contributed by atoms with Crippen molar-refractivity contribution in [3.63, 3.8) is 0 Å². The predicted octanol–water partition coefficient (Wildman–Crippen LogP) is 2.90. The molecule has 0 radical (unpaired) electrons. The van der Waals surface area contributed by atoms with Crippen LogP contribution >= 0.6 is 0 Å². The third kappa shape index (κ3) is 3.56. The first-order valence-electron chi connectivity index (χ1n) is 7.58. The lowest BCUT2D eigenvalue weighted by Crippen LogP contribution is -2.14. The van der Waals surface area contributed by atoms with Gasteiger partial charge in [-0.15, -0.1) is 0 Å². The highest BCUT2D eigenvalue weighted by atomic mass is 32.2. The van der Waals surface area contributed by atoms with E-state index in [1.807, 2.05) is 0 Å². The maximum absolute atomic E-state index is 12.8. The Morgan fingerprint density at radius 2 is 1.23 bits per heavy atom. The van der Waals surface area contributed by atoms with E-state index in [1.165, 1.54) is 42.5 Å². The van der Waals surface area contributed by atoms with Crippen molar-refractivity contribution >= 4 is 31.2 Å². The molecule has 0 aliphatic carbocycles. The van der Waals surface area contributed by atoms with E-state index in [0.717, 1.165) is 0 Å². The zero-order valence-electron chi connectivity index (χ0n) is 13.5. The van der Waals surface area contributed by atoms with Crippen molar-refractivity contribution < 1.29 is 16.8 Å². The van der Waals surface area contributed by atoms with Crippen LogP contribution in [0.15, 0.2) is 93.5 Å². The lowest BCUT2D eigenvalue weighted by molar-refractivity contribution is 0.595. The number of rotatable bonds is 5. The molecule has 0 amide bonds. The first-order chi connectivity index (χ1) is 12.3. The predicted molar refractivity (Wildman–Crippen MR) is 100.0 cm³/mol. The fourth-order valence-corrected chi connectivity index (χ4v) is 4.87. The van der Waals surface area contributed by atoms with Crippen molar-refractivity contribution in [3.05, 3.63) is 78.9 Å². The molecule has 0 saturated carbocycles. The van der Waals surface area contributed by atoms with Crippen molar-refractivity contribution in [3.8, 4) is 0 Å². The smallest absolute Gasteiger partial charge is 0.261 e. The van der Waals surface area contributed by atoms with E-state index in [2.05, 4.69) is 4.72 Å². The number of sulfonamides is 1. The van der Waals surface area contributed by atoms with Crippen LogP contribution in [0.2, 0.25) is 0 Å². The average molecular weight is 388 g/mol. The molecule has 0 unspecified atom stereocenters. The summed E-state index contributed by atoms with van der Waals surface area (Å²) in [5.74, 6) is 0. The maximum atomic E-state index is 12.8. The van der Waals surface area contributed by atoms with Crippen LogP contribution in [0.3, 0.4) is 0 Å². The van der Waals surface area contributed by atoms with Crippen molar-refractivity contribution in [2.75, 3.05) is 10.5 Å². The van der Waals surface area contributed by atoms with E-state index in [9.17, 15) is 16.8 Å². The summed E-state index contributed by atoms with van der Waals surface area (Å²) in [5, 5.41) is 0. The summed E-state index contributed by atoms with van der Waals surface area (Å²) in [6.45, 7) is 0. The first kappa shape index (κ1) is 18.0. The summed E-state index contributed by atoms with van der Waals surface area (Å²) < 4.78 is 52.8. The number of hydrogen-bond acceptors (Lipinski definition) is 5. The number of benzene rings is 3. The van der Waals surface area contributed by atoms with E-state index in [1.54, 1.807) is 36.4 Å². The van der Waals surface area contributed by atoms with Gasteiger partial charge in [0.2, 0.25) is 9.84 Å². The Morgan fingerprint density at radius 1 is 0.692 bits per heavy atom. The monoisotopic (exact) mass is 388 g/mol. The topological polar surface area (TPSA) is 106 Å². The molecular weight excluding hydrogens is 372 g/mol. The van der Waals surface area contributed by atoms with Gasteiger partial charge in [0, 0.05) is 0 Å². The molecule has 0 aromatic heterocycles. The summed E-state index contributed by atoms with van der Waals surface area (Å²) in [6.07, 6.45) is 0. The van der Waals surface area contributed by atoms with Gasteiger partial charge in [0.15, 0.2) is 0 Å². The lowest BCUT2D eigenvalue weighted by atomic mass is 10.3. The largest absolute Gasteiger partial charge is 0.398 e. The number of hydrogen-bond donors (Lipinski definition) is 2. The van der Waals surface area contributed by atoms with Gasteiger partial charge in [0.1, 0.15) is 0 Å². The second-order valence-electron chi connectivity index (χ2n) is 5.49. The van der Waals surface area contributed by atoms with Gasteiger partial charge in [-0.2, -0.15) is 0 Å². The van der Waals surface area contributed by atoms with Crippen LogP contribution in [0.25, 0.3) is 0 Å². The highest BCUT2D eigenvalue weighted by molar-refractivity contribution is 7.93. The number of nitrogens with one attached hydrogen (secondary N) is 1. The second kappa shape index (κ2) is 6.81. The summed E-state index contributed by atoms with van der Waals surface area (Å²) in [7, 11) is -7.71. The molecule has 3 aromatic carbocycles. The zero-order valence-corrected chi connectivity index (χ0v) is 15.2. The van der Waals surface area contributed by atoms with Crippen molar-refractivity contribution in [2.45, 2.75) is 14.7 Å². The average Bonchev–Trinajstić information content (AvgIpc) is 2.64. The Morgan fingerprint density at radius 3 is 1.81 bits per heavy atom. The highest BCUT2D eigenvalue weighted by Gasteiger charge is 2.22. The Kier molecular flexibility index (Phi) is 4.71. The number of anilines is 2. The third-order valence-corrected chi connectivity index (χ3v) is 6.88. The standard InChI is InChI=1S/C18H16N2O4S2/c19-17-12-11-14(20-26(23,24)16-9-5-2-6-10-16)13-18(17)25(21,22)15-7-3-1-4-8-15/h1-13,20H,19H2. The molecule has 0 aliphatic rings. The van der Waals surface area contributed by atoms with Crippen LogP contribution in [0, 0.1) is 0 Å².